The second-order valence-electron chi connectivity index (χ2n) is 4.38. The number of carbonyl (C=O) groups excluding carboxylic acids is 2. The Kier molecular flexibility index (Phi) is 9.51. The molecule has 23 heavy (non-hydrogen) atoms. The van der Waals surface area contributed by atoms with Gasteiger partial charge in [-0.2, -0.15) is 0 Å². The smallest absolute Gasteiger partial charge is 0.548 e. The van der Waals surface area contributed by atoms with Crippen molar-refractivity contribution in [3.05, 3.63) is 36.4 Å². The fourth-order valence-corrected chi connectivity index (χ4v) is 1.42. The van der Waals surface area contributed by atoms with E-state index in [1.165, 1.54) is 12.7 Å². The van der Waals surface area contributed by atoms with Crippen molar-refractivity contribution in [1.29, 1.82) is 0 Å². The van der Waals surface area contributed by atoms with Gasteiger partial charge in [0, 0.05) is 37.3 Å². The zero-order valence-electron chi connectivity index (χ0n) is 11.9. The number of aliphatic carboxylic acids is 2. The van der Waals surface area contributed by atoms with Crippen molar-refractivity contribution >= 4 is 11.9 Å². The summed E-state index contributed by atoms with van der Waals surface area (Å²) in [5.74, 6) is -2.51. The Morgan fingerprint density at radius 3 is 1.52 bits per heavy atom. The summed E-state index contributed by atoms with van der Waals surface area (Å²) in [5, 5.41) is 20.3. The van der Waals surface area contributed by atoms with Crippen molar-refractivity contribution in [2.45, 2.75) is 24.9 Å². The van der Waals surface area contributed by atoms with Crippen molar-refractivity contribution in [2.75, 3.05) is 0 Å². The average Bonchev–Trinajstić information content (AvgIpc) is 3.12. The molecule has 0 saturated heterocycles. The molecule has 2 aromatic heterocycles. The molecule has 0 bridgehead atoms. The first kappa shape index (κ1) is 20.8. The van der Waals surface area contributed by atoms with Crippen molar-refractivity contribution in [1.82, 2.24) is 19.9 Å². The summed E-state index contributed by atoms with van der Waals surface area (Å²) in [6.45, 7) is 0. The largest absolute Gasteiger partial charge is 2.00 e. The first-order chi connectivity index (χ1) is 10.4. The molecule has 2 aromatic rings. The van der Waals surface area contributed by atoms with Gasteiger partial charge in [0.25, 0.3) is 0 Å². The van der Waals surface area contributed by atoms with E-state index in [2.05, 4.69) is 19.9 Å². The van der Waals surface area contributed by atoms with Crippen LogP contribution >= 0.6 is 0 Å². The molecule has 0 saturated carbocycles. The summed E-state index contributed by atoms with van der Waals surface area (Å²) >= 11 is 0. The number of hydrogen-bond acceptors (Lipinski definition) is 8. The van der Waals surface area contributed by atoms with Crippen LogP contribution in [0.15, 0.2) is 25.0 Å². The number of carbonyl (C=O) groups is 2. The monoisotopic (exact) mass is 364 g/mol. The standard InChI is InChI=1S/2C6H9N3O2.Fe/c2*7-5(6(10)11)1-4-2-8-3-9-4;/h2*2-3,5H,1,7H2,(H,8,9)(H,10,11);/q;;+2/p-2. The van der Waals surface area contributed by atoms with E-state index in [-0.39, 0.29) is 29.9 Å². The van der Waals surface area contributed by atoms with Crippen LogP contribution in [0.5, 0.6) is 0 Å². The SMILES string of the molecule is NC(Cc1c[nH]cn1)C(=O)[O-].NC(Cc1c[nH]cn1)C(=O)[O-].[Fe+2]. The topological polar surface area (TPSA) is 190 Å². The molecule has 6 N–H and O–H groups in total. The van der Waals surface area contributed by atoms with Gasteiger partial charge in [0.1, 0.15) is 0 Å². The molecule has 10 nitrogen and oxygen atoms in total. The number of hydrogen-bond donors (Lipinski definition) is 4. The number of aromatic nitrogens is 4. The van der Waals surface area contributed by atoms with E-state index in [1.807, 2.05) is 0 Å². The fourth-order valence-electron chi connectivity index (χ4n) is 1.42. The van der Waals surface area contributed by atoms with Crippen LogP contribution in [0, 0.1) is 0 Å². The van der Waals surface area contributed by atoms with E-state index < -0.39 is 24.0 Å². The van der Waals surface area contributed by atoms with Gasteiger partial charge in [-0.1, -0.05) is 0 Å². The molecule has 0 fully saturated rings. The van der Waals surface area contributed by atoms with Crippen molar-refractivity contribution < 1.29 is 36.9 Å². The number of carboxylic acid groups (broad SMARTS) is 2. The first-order valence-electron chi connectivity index (χ1n) is 6.28. The van der Waals surface area contributed by atoms with E-state index in [4.69, 9.17) is 11.5 Å². The van der Waals surface area contributed by atoms with Gasteiger partial charge < -0.3 is 41.2 Å². The van der Waals surface area contributed by atoms with Gasteiger partial charge in [-0.25, -0.2) is 9.97 Å². The van der Waals surface area contributed by atoms with Crippen LogP contribution in [0.1, 0.15) is 11.4 Å². The van der Waals surface area contributed by atoms with Gasteiger partial charge in [-0.15, -0.1) is 0 Å². The molecule has 0 spiro atoms. The maximum absolute atomic E-state index is 10.2. The minimum Gasteiger partial charge on any atom is -0.548 e. The molecule has 2 atom stereocenters. The average molecular weight is 364 g/mol. The third kappa shape index (κ3) is 8.12. The van der Waals surface area contributed by atoms with Crippen LogP contribution in [0.25, 0.3) is 0 Å². The number of aromatic amines is 2. The van der Waals surface area contributed by atoms with Gasteiger partial charge in [-0.05, 0) is 0 Å². The molecule has 126 valence electrons. The van der Waals surface area contributed by atoms with Crippen LogP contribution in [0.4, 0.5) is 0 Å². The predicted molar refractivity (Wildman–Crippen MR) is 70.5 cm³/mol. The second-order valence-corrected chi connectivity index (χ2v) is 4.38. The molecular formula is C12H16FeN6O4. The second kappa shape index (κ2) is 10.5. The number of nitrogens with one attached hydrogen (secondary N) is 2. The molecule has 0 aromatic carbocycles. The fraction of sp³-hybridized carbons (Fsp3) is 0.333. The number of nitrogens with two attached hydrogens (primary N) is 2. The maximum atomic E-state index is 10.2. The third-order valence-corrected chi connectivity index (χ3v) is 2.57. The molecule has 11 heteroatoms. The number of H-pyrrole nitrogens is 2. The van der Waals surface area contributed by atoms with Crippen molar-refractivity contribution in [2.24, 2.45) is 11.5 Å². The van der Waals surface area contributed by atoms with Gasteiger partial charge in [0.05, 0.1) is 36.0 Å². The Balaban J connectivity index is 0.000000403. The van der Waals surface area contributed by atoms with Crippen molar-refractivity contribution in [3.63, 3.8) is 0 Å². The Labute approximate surface area is 142 Å². The number of carboxylic acids is 2. The zero-order valence-corrected chi connectivity index (χ0v) is 13.0. The van der Waals surface area contributed by atoms with E-state index in [9.17, 15) is 19.8 Å². The number of nitrogens with zero attached hydrogens (tertiary/aromatic N) is 2. The third-order valence-electron chi connectivity index (χ3n) is 2.57. The molecule has 0 amide bonds. The summed E-state index contributed by atoms with van der Waals surface area (Å²) in [6.07, 6.45) is 6.54. The minimum atomic E-state index is -1.26. The molecule has 2 heterocycles. The van der Waals surface area contributed by atoms with Gasteiger partial charge in [-0.3, -0.25) is 0 Å². The molecule has 0 aliphatic rings. The minimum absolute atomic E-state index is 0. The van der Waals surface area contributed by atoms with Crippen LogP contribution < -0.4 is 21.7 Å². The van der Waals surface area contributed by atoms with Crippen molar-refractivity contribution in [3.8, 4) is 0 Å². The van der Waals surface area contributed by atoms with Crippen LogP contribution in [-0.2, 0) is 39.5 Å². The number of imidazole rings is 2. The quantitative estimate of drug-likeness (QED) is 0.373. The predicted octanol–water partition coefficient (Wildman–Crippen LogP) is -3.94. The molecule has 0 aliphatic carbocycles. The van der Waals surface area contributed by atoms with E-state index in [1.54, 1.807) is 12.4 Å². The van der Waals surface area contributed by atoms with E-state index in [0.29, 0.717) is 11.4 Å². The summed E-state index contributed by atoms with van der Waals surface area (Å²) in [5.41, 5.74) is 11.6. The Bertz CT molecular complexity index is 522. The summed E-state index contributed by atoms with van der Waals surface area (Å²) in [7, 11) is 0. The molecule has 0 radical (unpaired) electrons. The summed E-state index contributed by atoms with van der Waals surface area (Å²) < 4.78 is 0. The number of rotatable bonds is 6. The van der Waals surface area contributed by atoms with Crippen LogP contribution in [-0.4, -0.2) is 44.0 Å². The Morgan fingerprint density at radius 1 is 0.957 bits per heavy atom. The Hall–Kier alpha value is -2.20. The molecule has 2 unspecified atom stereocenters. The summed E-state index contributed by atoms with van der Waals surface area (Å²) in [6, 6.07) is -1.95. The Morgan fingerprint density at radius 2 is 1.30 bits per heavy atom. The van der Waals surface area contributed by atoms with Gasteiger partial charge >= 0.3 is 17.1 Å². The van der Waals surface area contributed by atoms with Crippen LogP contribution in [0.2, 0.25) is 0 Å². The normalized spacial score (nSPS) is 12.3. The summed E-state index contributed by atoms with van der Waals surface area (Å²) in [4.78, 5) is 33.3. The van der Waals surface area contributed by atoms with Gasteiger partial charge in [0.15, 0.2) is 0 Å². The first-order valence-corrected chi connectivity index (χ1v) is 6.28. The van der Waals surface area contributed by atoms with E-state index in [0.717, 1.165) is 0 Å². The molecule has 2 rings (SSSR count). The molecule has 0 aliphatic heterocycles. The maximum Gasteiger partial charge on any atom is 2.00 e. The van der Waals surface area contributed by atoms with Gasteiger partial charge in [0.2, 0.25) is 0 Å². The zero-order chi connectivity index (χ0) is 16.5. The molecular weight excluding hydrogens is 348 g/mol. The van der Waals surface area contributed by atoms with E-state index >= 15 is 0 Å². The van der Waals surface area contributed by atoms with Crippen LogP contribution in [0.3, 0.4) is 0 Å².